The molecule has 0 fully saturated rings. The molecule has 27 heavy (non-hydrogen) atoms. The molecule has 0 atom stereocenters. The number of anilines is 1. The zero-order chi connectivity index (χ0) is 19.0. The fourth-order valence-electron chi connectivity index (χ4n) is 2.84. The summed E-state index contributed by atoms with van der Waals surface area (Å²) in [6, 6.07) is 5.82. The lowest BCUT2D eigenvalue weighted by molar-refractivity contribution is 0.0931. The van der Waals surface area contributed by atoms with Crippen molar-refractivity contribution in [3.05, 3.63) is 53.1 Å². The number of amides is 2. The highest BCUT2D eigenvalue weighted by atomic mass is 19.1. The van der Waals surface area contributed by atoms with Crippen molar-refractivity contribution >= 4 is 23.3 Å². The minimum Gasteiger partial charge on any atom is -0.491 e. The van der Waals surface area contributed by atoms with E-state index in [0.717, 1.165) is 0 Å². The van der Waals surface area contributed by atoms with E-state index in [0.29, 0.717) is 17.1 Å². The first kappa shape index (κ1) is 16.8. The van der Waals surface area contributed by atoms with Gasteiger partial charge in [-0.1, -0.05) is 0 Å². The number of carbonyl (C=O) groups excluding carboxylic acids is 2. The molecule has 9 nitrogen and oxygen atoms in total. The summed E-state index contributed by atoms with van der Waals surface area (Å²) in [5, 5.41) is 9.75. The summed E-state index contributed by atoms with van der Waals surface area (Å²) in [6.45, 7) is 0.577. The van der Waals surface area contributed by atoms with Crippen LogP contribution >= 0.6 is 0 Å². The first-order valence-corrected chi connectivity index (χ1v) is 8.15. The van der Waals surface area contributed by atoms with E-state index in [-0.39, 0.29) is 42.4 Å². The Balaban J connectivity index is 1.80. The molecule has 2 bridgehead atoms. The summed E-state index contributed by atoms with van der Waals surface area (Å²) >= 11 is 0. The van der Waals surface area contributed by atoms with Crippen LogP contribution in [-0.2, 0) is 6.54 Å². The lowest BCUT2D eigenvalue weighted by Crippen LogP contribution is -2.30. The summed E-state index contributed by atoms with van der Waals surface area (Å²) in [4.78, 5) is 28.6. The van der Waals surface area contributed by atoms with Gasteiger partial charge in [0, 0.05) is 18.3 Å². The second-order valence-corrected chi connectivity index (χ2v) is 5.88. The highest BCUT2D eigenvalue weighted by molar-refractivity contribution is 6.09. The number of hydrogen-bond acceptors (Lipinski definition) is 6. The average molecular weight is 370 g/mol. The van der Waals surface area contributed by atoms with E-state index in [9.17, 15) is 14.0 Å². The summed E-state index contributed by atoms with van der Waals surface area (Å²) in [6.07, 6.45) is 1.55. The number of nitrogens with zero attached hydrogens (tertiary/aromatic N) is 3. The number of fused-ring (bicyclic) bond motifs is 2. The molecule has 1 aliphatic heterocycles. The van der Waals surface area contributed by atoms with Crippen molar-refractivity contribution in [3.63, 3.8) is 0 Å². The number of benzene rings is 1. The van der Waals surface area contributed by atoms with Crippen molar-refractivity contribution in [3.8, 4) is 5.75 Å². The lowest BCUT2D eigenvalue weighted by atomic mass is 10.2. The van der Waals surface area contributed by atoms with Gasteiger partial charge in [-0.2, -0.15) is 5.10 Å². The first-order valence-electron chi connectivity index (χ1n) is 8.15. The maximum absolute atomic E-state index is 13.6. The van der Waals surface area contributed by atoms with Crippen molar-refractivity contribution in [1.29, 1.82) is 0 Å². The number of rotatable bonds is 1. The predicted octanol–water partition coefficient (Wildman–Crippen LogP) is 0.702. The summed E-state index contributed by atoms with van der Waals surface area (Å²) in [5.74, 6) is -0.834. The highest BCUT2D eigenvalue weighted by Crippen LogP contribution is 2.22. The van der Waals surface area contributed by atoms with Crippen LogP contribution in [0.25, 0.3) is 5.65 Å². The molecular weight excluding hydrogens is 355 g/mol. The van der Waals surface area contributed by atoms with E-state index in [4.69, 9.17) is 10.5 Å². The molecule has 0 saturated carbocycles. The average Bonchev–Trinajstić information content (AvgIpc) is 3.03. The molecule has 0 unspecified atom stereocenters. The third-order valence-electron chi connectivity index (χ3n) is 4.07. The van der Waals surface area contributed by atoms with E-state index in [2.05, 4.69) is 20.7 Å². The topological polar surface area (TPSA) is 124 Å². The van der Waals surface area contributed by atoms with Crippen molar-refractivity contribution in [1.82, 2.24) is 19.9 Å². The Hall–Kier alpha value is -3.69. The standard InChI is InChI=1S/C17H15FN6O3/c18-10-1-2-11-9(7-10)8-21-12-3-5-24-16(22-12)13(14(23-24)15(19)25)17(26)20-4-6-27-11/h1-3,5,7H,4,6,8H2,(H2,19,25)(H,20,26)(H,21,22). The van der Waals surface area contributed by atoms with Gasteiger partial charge in [0.1, 0.15) is 29.6 Å². The molecule has 2 amide bonds. The maximum atomic E-state index is 13.6. The normalized spacial score (nSPS) is 14.2. The Bertz CT molecular complexity index is 1060. The number of nitrogens with two attached hydrogens (primary N) is 1. The summed E-state index contributed by atoms with van der Waals surface area (Å²) in [5.41, 5.74) is 5.97. The van der Waals surface area contributed by atoms with Gasteiger partial charge in [-0.05, 0) is 24.3 Å². The van der Waals surface area contributed by atoms with Gasteiger partial charge in [0.25, 0.3) is 11.8 Å². The van der Waals surface area contributed by atoms with Crippen LogP contribution in [0.3, 0.4) is 0 Å². The molecule has 0 spiro atoms. The zero-order valence-electron chi connectivity index (χ0n) is 14.0. The Morgan fingerprint density at radius 2 is 2.15 bits per heavy atom. The second-order valence-electron chi connectivity index (χ2n) is 5.88. The van der Waals surface area contributed by atoms with Gasteiger partial charge in [-0.15, -0.1) is 0 Å². The molecule has 0 saturated heterocycles. The van der Waals surface area contributed by atoms with Crippen molar-refractivity contribution in [2.24, 2.45) is 5.73 Å². The number of hydrogen-bond donors (Lipinski definition) is 3. The van der Waals surface area contributed by atoms with Gasteiger partial charge in [-0.25, -0.2) is 13.9 Å². The van der Waals surface area contributed by atoms with Gasteiger partial charge < -0.3 is 21.1 Å². The van der Waals surface area contributed by atoms with Crippen LogP contribution in [-0.4, -0.2) is 39.6 Å². The minimum absolute atomic E-state index is 0.00560. The number of carbonyl (C=O) groups is 2. The smallest absolute Gasteiger partial charge is 0.270 e. The van der Waals surface area contributed by atoms with E-state index >= 15 is 0 Å². The molecule has 4 N–H and O–H groups in total. The lowest BCUT2D eigenvalue weighted by Gasteiger charge is -2.12. The molecule has 0 aliphatic carbocycles. The monoisotopic (exact) mass is 370 g/mol. The van der Waals surface area contributed by atoms with Crippen LogP contribution in [0.1, 0.15) is 26.4 Å². The zero-order valence-corrected chi connectivity index (χ0v) is 14.0. The number of primary amides is 1. The van der Waals surface area contributed by atoms with E-state index in [1.807, 2.05) is 0 Å². The van der Waals surface area contributed by atoms with Gasteiger partial charge in [0.05, 0.1) is 6.54 Å². The van der Waals surface area contributed by atoms with Crippen molar-refractivity contribution in [2.45, 2.75) is 6.54 Å². The summed E-state index contributed by atoms with van der Waals surface area (Å²) < 4.78 is 20.5. The molecule has 0 radical (unpaired) electrons. The highest BCUT2D eigenvalue weighted by Gasteiger charge is 2.24. The Morgan fingerprint density at radius 3 is 2.96 bits per heavy atom. The van der Waals surface area contributed by atoms with Gasteiger partial charge in [0.15, 0.2) is 11.3 Å². The molecule has 2 aromatic heterocycles. The maximum Gasteiger partial charge on any atom is 0.270 e. The largest absolute Gasteiger partial charge is 0.491 e. The van der Waals surface area contributed by atoms with Crippen molar-refractivity contribution < 1.29 is 18.7 Å². The number of aromatic nitrogens is 3. The molecule has 138 valence electrons. The van der Waals surface area contributed by atoms with Crippen molar-refractivity contribution in [2.75, 3.05) is 18.5 Å². The van der Waals surface area contributed by atoms with E-state index < -0.39 is 11.8 Å². The molecule has 1 aliphatic rings. The molecule has 1 aromatic carbocycles. The van der Waals surface area contributed by atoms with E-state index in [1.165, 1.54) is 22.7 Å². The van der Waals surface area contributed by atoms with Crippen LogP contribution in [0.15, 0.2) is 30.5 Å². The Kier molecular flexibility index (Phi) is 4.07. The van der Waals surface area contributed by atoms with Crippen LogP contribution in [0.2, 0.25) is 0 Å². The quantitative estimate of drug-likeness (QED) is 0.579. The Morgan fingerprint density at radius 1 is 1.30 bits per heavy atom. The molecule has 3 heterocycles. The van der Waals surface area contributed by atoms with Gasteiger partial charge in [-0.3, -0.25) is 9.59 Å². The van der Waals surface area contributed by atoms with Crippen LogP contribution in [0.5, 0.6) is 5.75 Å². The first-order chi connectivity index (χ1) is 13.0. The van der Waals surface area contributed by atoms with Crippen LogP contribution in [0.4, 0.5) is 10.2 Å². The molecule has 4 rings (SSSR count). The molecule has 3 aromatic rings. The van der Waals surface area contributed by atoms with Gasteiger partial charge >= 0.3 is 0 Å². The molecular formula is C17H15FN6O3. The fourth-order valence-corrected chi connectivity index (χ4v) is 2.84. The fraction of sp³-hybridized carbons (Fsp3) is 0.176. The molecule has 10 heteroatoms. The number of nitrogens with one attached hydrogen (secondary N) is 2. The predicted molar refractivity (Wildman–Crippen MR) is 93.1 cm³/mol. The number of halogens is 1. The number of ether oxygens (including phenoxy) is 1. The third kappa shape index (κ3) is 3.12. The van der Waals surface area contributed by atoms with Crippen LogP contribution < -0.4 is 21.1 Å². The van der Waals surface area contributed by atoms with Crippen LogP contribution in [0, 0.1) is 5.82 Å². The second kappa shape index (κ2) is 6.56. The summed E-state index contributed by atoms with van der Waals surface area (Å²) in [7, 11) is 0. The minimum atomic E-state index is -0.830. The van der Waals surface area contributed by atoms with Gasteiger partial charge in [0.2, 0.25) is 0 Å². The Labute approximate surface area is 152 Å². The third-order valence-corrected chi connectivity index (χ3v) is 4.07. The SMILES string of the molecule is NC(=O)c1nn2ccc3nc2c1C(=O)NCCOc1ccc(F)cc1CN3. The van der Waals surface area contributed by atoms with E-state index in [1.54, 1.807) is 12.3 Å².